The van der Waals surface area contributed by atoms with Crippen LogP contribution in [-0.2, 0) is 6.18 Å². The molecule has 0 saturated carbocycles. The average Bonchev–Trinajstić information content (AvgIpc) is 3.01. The van der Waals surface area contributed by atoms with Gasteiger partial charge in [-0.25, -0.2) is 0 Å². The molecule has 3 nitrogen and oxygen atoms in total. The van der Waals surface area contributed by atoms with E-state index in [1.54, 1.807) is 0 Å². The lowest BCUT2D eigenvalue weighted by Gasteiger charge is -2.16. The Morgan fingerprint density at radius 1 is 1.22 bits per heavy atom. The first-order chi connectivity index (χ1) is 10.9. The standard InChI is InChI=1S/C15H19F3N2O.C2H6/c1-11(19)12-8-13(15(16,17)18)10-14(9-12)21-7-6-20-4-2-3-5-20;1-2/h8-10H,1-7,19H2;1-2H3. The number of halogens is 3. The summed E-state index contributed by atoms with van der Waals surface area (Å²) in [6.07, 6.45) is -2.10. The van der Waals surface area contributed by atoms with Gasteiger partial charge in [0.25, 0.3) is 0 Å². The summed E-state index contributed by atoms with van der Waals surface area (Å²) in [7, 11) is 0. The second kappa shape index (κ2) is 8.82. The molecule has 0 aromatic heterocycles. The van der Waals surface area contributed by atoms with Gasteiger partial charge in [0.1, 0.15) is 12.4 Å². The number of hydrogen-bond donors (Lipinski definition) is 1. The minimum absolute atomic E-state index is 0.0884. The molecule has 0 unspecified atom stereocenters. The topological polar surface area (TPSA) is 38.5 Å². The maximum atomic E-state index is 12.8. The van der Waals surface area contributed by atoms with Crippen molar-refractivity contribution in [3.8, 4) is 5.75 Å². The molecule has 2 N–H and O–H groups in total. The summed E-state index contributed by atoms with van der Waals surface area (Å²) in [5.74, 6) is 0.172. The molecular weight excluding hydrogens is 305 g/mol. The van der Waals surface area contributed by atoms with E-state index in [0.717, 1.165) is 31.8 Å². The zero-order valence-corrected chi connectivity index (χ0v) is 13.7. The first-order valence-corrected chi connectivity index (χ1v) is 7.88. The lowest BCUT2D eigenvalue weighted by atomic mass is 10.1. The Morgan fingerprint density at radius 2 is 1.83 bits per heavy atom. The van der Waals surface area contributed by atoms with E-state index in [4.69, 9.17) is 10.5 Å². The first-order valence-electron chi connectivity index (χ1n) is 7.88. The fourth-order valence-electron chi connectivity index (χ4n) is 2.33. The molecule has 1 aromatic rings. The smallest absolute Gasteiger partial charge is 0.416 e. The Labute approximate surface area is 135 Å². The highest BCUT2D eigenvalue weighted by molar-refractivity contribution is 5.62. The summed E-state index contributed by atoms with van der Waals surface area (Å²) >= 11 is 0. The van der Waals surface area contributed by atoms with E-state index in [1.807, 2.05) is 13.8 Å². The van der Waals surface area contributed by atoms with Crippen molar-refractivity contribution >= 4 is 5.70 Å². The molecule has 0 radical (unpaired) electrons. The van der Waals surface area contributed by atoms with Crippen molar-refractivity contribution in [2.75, 3.05) is 26.2 Å². The third-order valence-corrected chi connectivity index (χ3v) is 3.48. The van der Waals surface area contributed by atoms with Gasteiger partial charge in [0, 0.05) is 17.8 Å². The first kappa shape index (κ1) is 19.4. The van der Waals surface area contributed by atoms with Gasteiger partial charge in [0.15, 0.2) is 0 Å². The summed E-state index contributed by atoms with van der Waals surface area (Å²) in [5.41, 5.74) is 5.05. The summed E-state index contributed by atoms with van der Waals surface area (Å²) in [4.78, 5) is 2.23. The van der Waals surface area contributed by atoms with Crippen molar-refractivity contribution in [1.82, 2.24) is 4.90 Å². The Morgan fingerprint density at radius 3 is 2.35 bits per heavy atom. The second-order valence-electron chi connectivity index (χ2n) is 5.17. The van der Waals surface area contributed by atoms with E-state index in [0.29, 0.717) is 6.61 Å². The van der Waals surface area contributed by atoms with E-state index in [-0.39, 0.29) is 17.0 Å². The van der Waals surface area contributed by atoms with Crippen LogP contribution in [0.2, 0.25) is 0 Å². The summed E-state index contributed by atoms with van der Waals surface area (Å²) < 4.78 is 44.0. The summed E-state index contributed by atoms with van der Waals surface area (Å²) in [5, 5.41) is 0. The summed E-state index contributed by atoms with van der Waals surface area (Å²) in [6.45, 7) is 10.6. The predicted octanol–water partition coefficient (Wildman–Crippen LogP) is 4.14. The van der Waals surface area contributed by atoms with Crippen molar-refractivity contribution < 1.29 is 17.9 Å². The molecule has 6 heteroatoms. The van der Waals surface area contributed by atoms with Crippen molar-refractivity contribution in [2.24, 2.45) is 5.73 Å². The van der Waals surface area contributed by atoms with Crippen LogP contribution in [0.15, 0.2) is 24.8 Å². The van der Waals surface area contributed by atoms with E-state index in [2.05, 4.69) is 11.5 Å². The van der Waals surface area contributed by atoms with E-state index in [9.17, 15) is 13.2 Å². The van der Waals surface area contributed by atoms with Crippen LogP contribution in [0.25, 0.3) is 5.70 Å². The number of ether oxygens (including phenoxy) is 1. The highest BCUT2D eigenvalue weighted by atomic mass is 19.4. The van der Waals surface area contributed by atoms with Gasteiger partial charge in [-0.1, -0.05) is 20.4 Å². The molecule has 1 saturated heterocycles. The van der Waals surface area contributed by atoms with Crippen LogP contribution in [0.1, 0.15) is 37.8 Å². The van der Waals surface area contributed by atoms with Gasteiger partial charge in [-0.05, 0) is 44.1 Å². The maximum absolute atomic E-state index is 12.8. The largest absolute Gasteiger partial charge is 0.492 e. The lowest BCUT2D eigenvalue weighted by molar-refractivity contribution is -0.137. The van der Waals surface area contributed by atoms with Gasteiger partial charge in [0.2, 0.25) is 0 Å². The Hall–Kier alpha value is -1.69. The molecule has 1 heterocycles. The van der Waals surface area contributed by atoms with Gasteiger partial charge in [0.05, 0.1) is 5.56 Å². The molecule has 2 rings (SSSR count). The third kappa shape index (κ3) is 6.14. The normalized spacial score (nSPS) is 15.0. The number of nitrogens with zero attached hydrogens (tertiary/aromatic N) is 1. The van der Waals surface area contributed by atoms with Crippen molar-refractivity contribution in [2.45, 2.75) is 32.9 Å². The van der Waals surface area contributed by atoms with E-state index in [1.165, 1.54) is 18.9 Å². The van der Waals surface area contributed by atoms with Crippen LogP contribution in [0.5, 0.6) is 5.75 Å². The number of benzene rings is 1. The van der Waals surface area contributed by atoms with Crippen molar-refractivity contribution in [3.63, 3.8) is 0 Å². The zero-order valence-electron chi connectivity index (χ0n) is 13.7. The third-order valence-electron chi connectivity index (χ3n) is 3.48. The molecular formula is C17H25F3N2O. The minimum Gasteiger partial charge on any atom is -0.492 e. The molecule has 130 valence electrons. The van der Waals surface area contributed by atoms with Crippen molar-refractivity contribution in [3.05, 3.63) is 35.9 Å². The molecule has 0 atom stereocenters. The fourth-order valence-corrected chi connectivity index (χ4v) is 2.33. The number of nitrogens with two attached hydrogens (primary N) is 1. The number of alkyl halides is 3. The zero-order chi connectivity index (χ0) is 17.5. The van der Waals surface area contributed by atoms with Gasteiger partial charge in [-0.3, -0.25) is 4.90 Å². The highest BCUT2D eigenvalue weighted by Crippen LogP contribution is 2.33. The minimum atomic E-state index is -4.43. The molecule has 0 bridgehead atoms. The lowest BCUT2D eigenvalue weighted by Crippen LogP contribution is -2.25. The number of likely N-dealkylation sites (tertiary alicyclic amines) is 1. The van der Waals surface area contributed by atoms with Crippen LogP contribution in [0.4, 0.5) is 13.2 Å². The Balaban J connectivity index is 0.00000127. The van der Waals surface area contributed by atoms with Crippen LogP contribution in [0, 0.1) is 0 Å². The van der Waals surface area contributed by atoms with Gasteiger partial charge < -0.3 is 10.5 Å². The quantitative estimate of drug-likeness (QED) is 0.882. The molecule has 0 amide bonds. The van der Waals surface area contributed by atoms with E-state index < -0.39 is 11.7 Å². The molecule has 1 aliphatic heterocycles. The number of rotatable bonds is 5. The molecule has 1 fully saturated rings. The Bertz CT molecular complexity index is 509. The molecule has 0 aliphatic carbocycles. The van der Waals surface area contributed by atoms with Gasteiger partial charge in [-0.15, -0.1) is 0 Å². The molecule has 1 aromatic carbocycles. The molecule has 0 spiro atoms. The van der Waals surface area contributed by atoms with Crippen LogP contribution < -0.4 is 10.5 Å². The van der Waals surface area contributed by atoms with Crippen LogP contribution in [0.3, 0.4) is 0 Å². The van der Waals surface area contributed by atoms with E-state index >= 15 is 0 Å². The predicted molar refractivity (Wildman–Crippen MR) is 87.2 cm³/mol. The molecule has 1 aliphatic rings. The maximum Gasteiger partial charge on any atom is 0.416 e. The summed E-state index contributed by atoms with van der Waals surface area (Å²) in [6, 6.07) is 3.47. The number of hydrogen-bond acceptors (Lipinski definition) is 3. The Kier molecular flexibility index (Phi) is 7.42. The average molecular weight is 330 g/mol. The SMILES string of the molecule is C=C(N)c1cc(OCCN2CCCC2)cc(C(F)(F)F)c1.CC. The van der Waals surface area contributed by atoms with Gasteiger partial charge >= 0.3 is 6.18 Å². The fraction of sp³-hybridized carbons (Fsp3) is 0.529. The van der Waals surface area contributed by atoms with Crippen LogP contribution in [-0.4, -0.2) is 31.1 Å². The second-order valence-corrected chi connectivity index (χ2v) is 5.17. The van der Waals surface area contributed by atoms with Crippen LogP contribution >= 0.6 is 0 Å². The highest BCUT2D eigenvalue weighted by Gasteiger charge is 2.31. The molecule has 23 heavy (non-hydrogen) atoms. The monoisotopic (exact) mass is 330 g/mol. The van der Waals surface area contributed by atoms with Gasteiger partial charge in [-0.2, -0.15) is 13.2 Å². The van der Waals surface area contributed by atoms with Crippen molar-refractivity contribution in [1.29, 1.82) is 0 Å².